The molecule has 33 heavy (non-hydrogen) atoms. The van der Waals surface area contributed by atoms with E-state index >= 15 is 0 Å². The highest BCUT2D eigenvalue weighted by Gasteiger charge is 2.31. The van der Waals surface area contributed by atoms with Crippen molar-refractivity contribution in [1.82, 2.24) is 0 Å². The number of esters is 1. The predicted molar refractivity (Wildman–Crippen MR) is 127 cm³/mol. The van der Waals surface area contributed by atoms with Gasteiger partial charge in [0.1, 0.15) is 28.9 Å². The van der Waals surface area contributed by atoms with Gasteiger partial charge in [0.15, 0.2) is 6.61 Å². The molecule has 1 heterocycles. The molecular formula is C24H15BrCl2N2O4. The van der Waals surface area contributed by atoms with Crippen molar-refractivity contribution in [2.75, 3.05) is 6.61 Å². The van der Waals surface area contributed by atoms with Gasteiger partial charge in [0, 0.05) is 21.1 Å². The van der Waals surface area contributed by atoms with Gasteiger partial charge in [-0.15, -0.1) is 0 Å². The number of benzene rings is 3. The normalized spacial score (nSPS) is 14.7. The van der Waals surface area contributed by atoms with Crippen LogP contribution in [-0.2, 0) is 4.79 Å². The number of hydrogen-bond acceptors (Lipinski definition) is 6. The third-order valence-corrected chi connectivity index (χ3v) is 5.92. The van der Waals surface area contributed by atoms with Gasteiger partial charge in [-0.1, -0.05) is 57.3 Å². The van der Waals surface area contributed by atoms with Crippen molar-refractivity contribution in [2.45, 2.75) is 5.92 Å². The molecule has 0 aromatic heterocycles. The summed E-state index contributed by atoms with van der Waals surface area (Å²) < 4.78 is 17.4. The fraction of sp³-hybridized carbons (Fsp3) is 0.0833. The summed E-state index contributed by atoms with van der Waals surface area (Å²) in [7, 11) is 0. The van der Waals surface area contributed by atoms with E-state index in [-0.39, 0.29) is 23.3 Å². The Labute approximate surface area is 208 Å². The van der Waals surface area contributed by atoms with Crippen LogP contribution in [-0.4, -0.2) is 12.6 Å². The SMILES string of the molecule is N#CC1=C(N)Oc2cc(OC(=O)COc3ccc(Cl)cc3Cl)ccc2C1c1ccc(Br)cc1. The zero-order valence-corrected chi connectivity index (χ0v) is 19.9. The highest BCUT2D eigenvalue weighted by atomic mass is 79.9. The van der Waals surface area contributed by atoms with Crippen LogP contribution in [0.2, 0.25) is 10.0 Å². The molecule has 166 valence electrons. The maximum atomic E-state index is 12.3. The summed E-state index contributed by atoms with van der Waals surface area (Å²) >= 11 is 15.3. The van der Waals surface area contributed by atoms with Gasteiger partial charge < -0.3 is 19.9 Å². The van der Waals surface area contributed by atoms with E-state index in [1.807, 2.05) is 24.3 Å². The van der Waals surface area contributed by atoms with E-state index in [1.165, 1.54) is 6.07 Å². The van der Waals surface area contributed by atoms with Crippen molar-refractivity contribution in [1.29, 1.82) is 5.26 Å². The van der Waals surface area contributed by atoms with Gasteiger partial charge in [0.05, 0.1) is 10.9 Å². The third-order valence-electron chi connectivity index (χ3n) is 4.87. The smallest absolute Gasteiger partial charge is 0.349 e. The van der Waals surface area contributed by atoms with E-state index < -0.39 is 11.9 Å². The van der Waals surface area contributed by atoms with Gasteiger partial charge in [-0.05, 0) is 42.0 Å². The molecule has 0 saturated heterocycles. The standard InChI is InChI=1S/C24H15BrCl2N2O4/c25-14-3-1-13(2-4-14)23-17-7-6-16(10-21(17)33-24(29)18(23)11-28)32-22(30)12-31-20-8-5-15(26)9-19(20)27/h1-10,23H,12,29H2. The van der Waals surface area contributed by atoms with Crippen LogP contribution in [0.3, 0.4) is 0 Å². The molecule has 1 unspecified atom stereocenters. The summed E-state index contributed by atoms with van der Waals surface area (Å²) in [5, 5.41) is 10.4. The molecule has 1 aliphatic heterocycles. The van der Waals surface area contributed by atoms with E-state index in [1.54, 1.807) is 30.3 Å². The quantitative estimate of drug-likeness (QED) is 0.314. The summed E-state index contributed by atoms with van der Waals surface area (Å²) in [4.78, 5) is 12.3. The number of hydrogen-bond donors (Lipinski definition) is 1. The number of ether oxygens (including phenoxy) is 3. The van der Waals surface area contributed by atoms with Gasteiger partial charge in [-0.2, -0.15) is 5.26 Å². The average molecular weight is 546 g/mol. The van der Waals surface area contributed by atoms with Crippen LogP contribution in [0, 0.1) is 11.3 Å². The average Bonchev–Trinajstić information content (AvgIpc) is 2.78. The number of nitriles is 1. The number of carbonyl (C=O) groups is 1. The fourth-order valence-electron chi connectivity index (χ4n) is 3.39. The molecule has 6 nitrogen and oxygen atoms in total. The Morgan fingerprint density at radius 3 is 2.58 bits per heavy atom. The van der Waals surface area contributed by atoms with Crippen LogP contribution < -0.4 is 19.9 Å². The number of rotatable bonds is 5. The van der Waals surface area contributed by atoms with Crippen molar-refractivity contribution >= 4 is 45.1 Å². The Hall–Kier alpha value is -3.18. The summed E-state index contributed by atoms with van der Waals surface area (Å²) in [6, 6.07) is 19.3. The van der Waals surface area contributed by atoms with Crippen molar-refractivity contribution < 1.29 is 19.0 Å². The van der Waals surface area contributed by atoms with Gasteiger partial charge in [-0.25, -0.2) is 4.79 Å². The Kier molecular flexibility index (Phi) is 6.80. The number of fused-ring (bicyclic) bond motifs is 1. The van der Waals surface area contributed by atoms with Gasteiger partial charge in [0.2, 0.25) is 5.88 Å². The first-order chi connectivity index (χ1) is 15.9. The Balaban J connectivity index is 1.53. The van der Waals surface area contributed by atoms with Crippen molar-refractivity contribution in [3.63, 3.8) is 0 Å². The number of nitrogens with two attached hydrogens (primary N) is 1. The van der Waals surface area contributed by atoms with Crippen LogP contribution in [0.15, 0.2) is 76.6 Å². The molecule has 9 heteroatoms. The second kappa shape index (κ2) is 9.75. The minimum Gasteiger partial charge on any atom is -0.480 e. The Morgan fingerprint density at radius 1 is 1.12 bits per heavy atom. The predicted octanol–water partition coefficient (Wildman–Crippen LogP) is 5.96. The zero-order chi connectivity index (χ0) is 23.5. The van der Waals surface area contributed by atoms with Crippen molar-refractivity contribution in [3.8, 4) is 23.3 Å². The molecule has 3 aromatic carbocycles. The number of carbonyl (C=O) groups excluding carboxylic acids is 1. The van der Waals surface area contributed by atoms with Gasteiger partial charge in [-0.3, -0.25) is 0 Å². The molecule has 0 spiro atoms. The maximum Gasteiger partial charge on any atom is 0.349 e. The minimum absolute atomic E-state index is 0.00195. The lowest BCUT2D eigenvalue weighted by Gasteiger charge is -2.26. The van der Waals surface area contributed by atoms with Crippen LogP contribution >= 0.6 is 39.1 Å². The lowest BCUT2D eigenvalue weighted by molar-refractivity contribution is -0.136. The van der Waals surface area contributed by atoms with Crippen LogP contribution in [0.5, 0.6) is 17.2 Å². The van der Waals surface area contributed by atoms with Crippen LogP contribution in [0.1, 0.15) is 17.0 Å². The summed E-state index contributed by atoms with van der Waals surface area (Å²) in [5.74, 6) is -0.0960. The van der Waals surface area contributed by atoms with Crippen LogP contribution in [0.25, 0.3) is 0 Å². The molecule has 0 radical (unpaired) electrons. The highest BCUT2D eigenvalue weighted by molar-refractivity contribution is 9.10. The summed E-state index contributed by atoms with van der Waals surface area (Å²) in [6.07, 6.45) is 0. The monoisotopic (exact) mass is 544 g/mol. The zero-order valence-electron chi connectivity index (χ0n) is 16.8. The second-order valence-corrected chi connectivity index (χ2v) is 8.77. The van der Waals surface area contributed by atoms with Crippen molar-refractivity contribution in [2.24, 2.45) is 5.73 Å². The summed E-state index contributed by atoms with van der Waals surface area (Å²) in [5.41, 5.74) is 7.94. The lowest BCUT2D eigenvalue weighted by atomic mass is 9.83. The largest absolute Gasteiger partial charge is 0.480 e. The molecule has 1 aliphatic rings. The molecule has 3 aromatic rings. The second-order valence-electron chi connectivity index (χ2n) is 7.01. The first-order valence-corrected chi connectivity index (χ1v) is 11.2. The molecule has 0 bridgehead atoms. The first-order valence-electron chi connectivity index (χ1n) is 9.61. The lowest BCUT2D eigenvalue weighted by Crippen LogP contribution is -2.21. The van der Waals surface area contributed by atoms with Gasteiger partial charge in [0.25, 0.3) is 0 Å². The maximum absolute atomic E-state index is 12.3. The molecule has 0 saturated carbocycles. The van der Waals surface area contributed by atoms with Crippen LogP contribution in [0.4, 0.5) is 0 Å². The van der Waals surface area contributed by atoms with E-state index in [2.05, 4.69) is 22.0 Å². The molecule has 2 N–H and O–H groups in total. The van der Waals surface area contributed by atoms with Crippen molar-refractivity contribution in [3.05, 3.63) is 97.8 Å². The molecular weight excluding hydrogens is 531 g/mol. The first kappa shape index (κ1) is 23.0. The number of halogens is 3. The number of allylic oxidation sites excluding steroid dienone is 1. The molecule has 0 fully saturated rings. The Morgan fingerprint density at radius 2 is 1.88 bits per heavy atom. The van der Waals surface area contributed by atoms with E-state index in [0.717, 1.165) is 15.6 Å². The topological polar surface area (TPSA) is 94.6 Å². The third kappa shape index (κ3) is 5.09. The number of nitrogens with zero attached hydrogens (tertiary/aromatic N) is 1. The molecule has 0 aliphatic carbocycles. The molecule has 4 rings (SSSR count). The molecule has 0 amide bonds. The van der Waals surface area contributed by atoms with E-state index in [4.69, 9.17) is 43.1 Å². The fourth-order valence-corrected chi connectivity index (χ4v) is 4.11. The highest BCUT2D eigenvalue weighted by Crippen LogP contribution is 2.43. The van der Waals surface area contributed by atoms with E-state index in [0.29, 0.717) is 22.1 Å². The van der Waals surface area contributed by atoms with E-state index in [9.17, 15) is 10.1 Å². The minimum atomic E-state index is -0.637. The Bertz CT molecular complexity index is 1300. The van der Waals surface area contributed by atoms with Gasteiger partial charge >= 0.3 is 5.97 Å². The molecule has 1 atom stereocenters. The summed E-state index contributed by atoms with van der Waals surface area (Å²) in [6.45, 7) is -0.360.